The molecule has 3 rings (SSSR count). The second kappa shape index (κ2) is 8.72. The molecule has 2 aromatic carbocycles. The summed E-state index contributed by atoms with van der Waals surface area (Å²) >= 11 is 12.7. The Morgan fingerprint density at radius 3 is 2.55 bits per heavy atom. The molecule has 1 amide bonds. The first-order valence-electron chi connectivity index (χ1n) is 7.98. The average Bonchev–Trinajstić information content (AvgIpc) is 3.12. The molecule has 0 radical (unpaired) electrons. The first-order valence-corrected chi connectivity index (χ1v) is 9.85. The molecule has 0 unspecified atom stereocenters. The third-order valence-corrected chi connectivity index (χ3v) is 4.81. The van der Waals surface area contributed by atoms with Gasteiger partial charge in [0.1, 0.15) is 5.76 Å². The van der Waals surface area contributed by atoms with E-state index in [0.29, 0.717) is 19.9 Å². The number of hydrogen-bond acceptors (Lipinski definition) is 3. The normalized spacial score (nSPS) is 11.2. The molecule has 0 atom stereocenters. The lowest BCUT2D eigenvalue weighted by Gasteiger charge is -2.15. The summed E-state index contributed by atoms with van der Waals surface area (Å²) in [5.41, 5.74) is -0.476. The summed E-state index contributed by atoms with van der Waals surface area (Å²) in [5, 5.41) is 4.93. The number of carbonyl (C=O) groups excluding carboxylic acids is 1. The van der Waals surface area contributed by atoms with Crippen molar-refractivity contribution >= 4 is 63.1 Å². The van der Waals surface area contributed by atoms with Crippen LogP contribution in [0.5, 0.6) is 0 Å². The van der Waals surface area contributed by atoms with Crippen LogP contribution >= 0.6 is 46.4 Å². The zero-order chi connectivity index (χ0) is 21.2. The maximum Gasteiger partial charge on any atom is 0.418 e. The van der Waals surface area contributed by atoms with Gasteiger partial charge >= 0.3 is 6.18 Å². The van der Waals surface area contributed by atoms with E-state index in [1.54, 1.807) is 52.9 Å². The summed E-state index contributed by atoms with van der Waals surface area (Å²) in [4.78, 5) is 12.3. The number of benzene rings is 2. The quantitative estimate of drug-likeness (QED) is 0.295. The highest BCUT2D eigenvalue weighted by molar-refractivity contribution is 14.1. The Morgan fingerprint density at radius 1 is 1.10 bits per heavy atom. The highest BCUT2D eigenvalue weighted by atomic mass is 127. The highest BCUT2D eigenvalue weighted by Crippen LogP contribution is 2.35. The smallest absolute Gasteiger partial charge is 0.418 e. The number of amides is 1. The second-order valence-corrected chi connectivity index (χ2v) is 7.86. The number of halogens is 5. The van der Waals surface area contributed by atoms with Crippen LogP contribution < -0.4 is 10.6 Å². The van der Waals surface area contributed by atoms with Gasteiger partial charge in [0.15, 0.2) is 10.9 Å². The highest BCUT2D eigenvalue weighted by Gasteiger charge is 2.34. The predicted molar refractivity (Wildman–Crippen MR) is 117 cm³/mol. The summed E-state index contributed by atoms with van der Waals surface area (Å²) in [5.74, 6) is -0.342. The lowest BCUT2D eigenvalue weighted by Crippen LogP contribution is -2.34. The van der Waals surface area contributed by atoms with E-state index in [2.05, 4.69) is 10.6 Å². The first-order chi connectivity index (χ1) is 13.6. The molecule has 4 nitrogen and oxygen atoms in total. The molecule has 0 aliphatic rings. The molecule has 2 N–H and O–H groups in total. The molecule has 0 bridgehead atoms. The van der Waals surface area contributed by atoms with Crippen molar-refractivity contribution in [2.75, 3.05) is 5.32 Å². The maximum absolute atomic E-state index is 13.2. The first kappa shape index (κ1) is 21.6. The van der Waals surface area contributed by atoms with E-state index >= 15 is 0 Å². The van der Waals surface area contributed by atoms with Gasteiger partial charge in [-0.1, -0.05) is 23.7 Å². The minimum Gasteiger partial charge on any atom is -0.451 e. The van der Waals surface area contributed by atoms with E-state index in [-0.39, 0.29) is 16.6 Å². The molecular formula is C19H11ClF3IN2O2S. The van der Waals surface area contributed by atoms with Crippen molar-refractivity contribution < 1.29 is 22.4 Å². The molecule has 29 heavy (non-hydrogen) atoms. The van der Waals surface area contributed by atoms with E-state index in [9.17, 15) is 18.0 Å². The lowest BCUT2D eigenvalue weighted by atomic mass is 10.1. The van der Waals surface area contributed by atoms with Crippen LogP contribution in [-0.4, -0.2) is 11.0 Å². The van der Waals surface area contributed by atoms with Crippen LogP contribution in [0.1, 0.15) is 16.1 Å². The van der Waals surface area contributed by atoms with E-state index < -0.39 is 17.6 Å². The summed E-state index contributed by atoms with van der Waals surface area (Å²) < 4.78 is 45.5. The van der Waals surface area contributed by atoms with E-state index in [1.807, 2.05) is 0 Å². The molecule has 150 valence electrons. The van der Waals surface area contributed by atoms with Gasteiger partial charge in [0, 0.05) is 14.2 Å². The van der Waals surface area contributed by atoms with E-state index in [1.165, 1.54) is 18.2 Å². The Labute approximate surface area is 187 Å². The number of carbonyl (C=O) groups is 1. The molecule has 0 spiro atoms. The molecular weight excluding hydrogens is 540 g/mol. The van der Waals surface area contributed by atoms with E-state index in [4.69, 9.17) is 28.2 Å². The fraction of sp³-hybridized carbons (Fsp3) is 0.0526. The summed E-state index contributed by atoms with van der Waals surface area (Å²) in [6.45, 7) is 0. The SMILES string of the molecule is O=C(NC(=S)Nc1ccc(I)cc1C(F)(F)F)c1ccc(-c2cccc(Cl)c2)o1. The Bertz CT molecular complexity index is 1090. The van der Waals surface area contributed by atoms with Crippen molar-refractivity contribution in [1.29, 1.82) is 0 Å². The van der Waals surface area contributed by atoms with Gasteiger partial charge in [-0.05, 0) is 77.3 Å². The van der Waals surface area contributed by atoms with Crippen LogP contribution in [0, 0.1) is 3.57 Å². The average molecular weight is 551 g/mol. The summed E-state index contributed by atoms with van der Waals surface area (Å²) in [7, 11) is 0. The number of anilines is 1. The van der Waals surface area contributed by atoms with Crippen molar-refractivity contribution in [2.45, 2.75) is 6.18 Å². The molecule has 0 aliphatic heterocycles. The molecule has 0 saturated heterocycles. The van der Waals surface area contributed by atoms with Crippen molar-refractivity contribution in [3.63, 3.8) is 0 Å². The van der Waals surface area contributed by atoms with Gasteiger partial charge in [0.2, 0.25) is 0 Å². The molecule has 10 heteroatoms. The van der Waals surface area contributed by atoms with Crippen molar-refractivity contribution in [3.05, 3.63) is 74.5 Å². The fourth-order valence-corrected chi connectivity index (χ4v) is 3.32. The van der Waals surface area contributed by atoms with Crippen LogP contribution in [0.2, 0.25) is 5.02 Å². The van der Waals surface area contributed by atoms with Gasteiger partial charge in [0.25, 0.3) is 5.91 Å². The minimum absolute atomic E-state index is 0.0530. The van der Waals surface area contributed by atoms with Crippen LogP contribution in [0.3, 0.4) is 0 Å². The summed E-state index contributed by atoms with van der Waals surface area (Å²) in [6.07, 6.45) is -4.57. The van der Waals surface area contributed by atoms with Gasteiger partial charge in [-0.15, -0.1) is 0 Å². The molecule has 1 heterocycles. The molecule has 0 saturated carbocycles. The van der Waals surface area contributed by atoms with Crippen molar-refractivity contribution in [1.82, 2.24) is 5.32 Å². The van der Waals surface area contributed by atoms with Gasteiger partial charge in [-0.2, -0.15) is 13.2 Å². The van der Waals surface area contributed by atoms with Gasteiger partial charge in [-0.3, -0.25) is 10.1 Å². The third kappa shape index (κ3) is 5.49. The predicted octanol–water partition coefficient (Wildman–Crippen LogP) is 6.35. The number of hydrogen-bond donors (Lipinski definition) is 2. The zero-order valence-electron chi connectivity index (χ0n) is 14.3. The Kier molecular flexibility index (Phi) is 6.49. The molecule has 0 fully saturated rings. The number of alkyl halides is 3. The Morgan fingerprint density at radius 2 is 1.86 bits per heavy atom. The number of nitrogens with one attached hydrogen (secondary N) is 2. The van der Waals surface area contributed by atoms with Crippen LogP contribution in [0.15, 0.2) is 59.0 Å². The van der Waals surface area contributed by atoms with E-state index in [0.717, 1.165) is 6.07 Å². The monoisotopic (exact) mass is 550 g/mol. The zero-order valence-corrected chi connectivity index (χ0v) is 18.0. The number of rotatable bonds is 3. The Hall–Kier alpha value is -2.11. The second-order valence-electron chi connectivity index (χ2n) is 5.77. The topological polar surface area (TPSA) is 54.3 Å². The molecule has 1 aromatic heterocycles. The van der Waals surface area contributed by atoms with Crippen molar-refractivity contribution in [2.24, 2.45) is 0 Å². The van der Waals surface area contributed by atoms with Gasteiger partial charge in [0.05, 0.1) is 11.3 Å². The lowest BCUT2D eigenvalue weighted by molar-refractivity contribution is -0.137. The minimum atomic E-state index is -4.57. The third-order valence-electron chi connectivity index (χ3n) is 3.70. The molecule has 0 aliphatic carbocycles. The summed E-state index contributed by atoms with van der Waals surface area (Å²) in [6, 6.07) is 13.6. The van der Waals surface area contributed by atoms with Crippen molar-refractivity contribution in [3.8, 4) is 11.3 Å². The number of furan rings is 1. The van der Waals surface area contributed by atoms with Crippen LogP contribution in [-0.2, 0) is 6.18 Å². The maximum atomic E-state index is 13.2. The van der Waals surface area contributed by atoms with Crippen LogP contribution in [0.25, 0.3) is 11.3 Å². The standard InChI is InChI=1S/C19H11ClF3IN2O2S/c20-11-3-1-2-10(8-11)15-6-7-16(28-15)17(27)26-18(29)25-14-5-4-12(24)9-13(14)19(21,22)23/h1-9H,(H2,25,26,27,29). The van der Waals surface area contributed by atoms with Gasteiger partial charge < -0.3 is 9.73 Å². The largest absolute Gasteiger partial charge is 0.451 e. The van der Waals surface area contributed by atoms with Crippen LogP contribution in [0.4, 0.5) is 18.9 Å². The Balaban J connectivity index is 1.72. The van der Waals surface area contributed by atoms with Gasteiger partial charge in [-0.25, -0.2) is 0 Å². The molecule has 3 aromatic rings. The number of thiocarbonyl (C=S) groups is 1. The fourth-order valence-electron chi connectivity index (χ4n) is 2.44.